The van der Waals surface area contributed by atoms with Gasteiger partial charge in [0.1, 0.15) is 0 Å². The van der Waals surface area contributed by atoms with Gasteiger partial charge in [-0.05, 0) is 31.5 Å². The first-order valence-corrected chi connectivity index (χ1v) is 7.79. The number of nitrogens with one attached hydrogen (secondary N) is 1. The maximum absolute atomic E-state index is 5.90. The number of nitrogens with zero attached hydrogens (tertiary/aromatic N) is 2. The molecule has 1 aliphatic rings. The van der Waals surface area contributed by atoms with Crippen LogP contribution >= 0.6 is 24.0 Å². The highest BCUT2D eigenvalue weighted by atomic mass is 127. The minimum Gasteiger partial charge on any atom is -0.370 e. The van der Waals surface area contributed by atoms with Gasteiger partial charge in [-0.3, -0.25) is 4.90 Å². The number of rotatable bonds is 6. The van der Waals surface area contributed by atoms with Gasteiger partial charge in [-0.15, -0.1) is 24.0 Å². The third-order valence-electron chi connectivity index (χ3n) is 3.90. The number of hydrogen-bond acceptors (Lipinski definition) is 2. The number of hydrogen-bond donors (Lipinski definition) is 2. The van der Waals surface area contributed by atoms with Crippen LogP contribution in [0.5, 0.6) is 0 Å². The first-order valence-electron chi connectivity index (χ1n) is 7.79. The molecular weight excluding hydrogens is 387 g/mol. The molecule has 1 aromatic rings. The highest BCUT2D eigenvalue weighted by molar-refractivity contribution is 14.0. The maximum Gasteiger partial charge on any atom is 0.188 e. The predicted molar refractivity (Wildman–Crippen MR) is 106 cm³/mol. The van der Waals surface area contributed by atoms with Crippen LogP contribution in [0.4, 0.5) is 0 Å². The molecule has 0 aromatic heterocycles. The molecule has 0 spiro atoms. The average Bonchev–Trinajstić information content (AvgIpc) is 2.98. The Labute approximate surface area is 150 Å². The number of benzene rings is 1. The van der Waals surface area contributed by atoms with E-state index in [-0.39, 0.29) is 24.0 Å². The summed E-state index contributed by atoms with van der Waals surface area (Å²) in [5, 5.41) is 3.24. The molecule has 1 atom stereocenters. The van der Waals surface area contributed by atoms with E-state index in [9.17, 15) is 0 Å². The topological polar surface area (TPSA) is 53.6 Å². The van der Waals surface area contributed by atoms with Gasteiger partial charge in [-0.2, -0.15) is 0 Å². The molecular formula is C17H27IN4. The molecule has 0 amide bonds. The number of aliphatic imine (C=N–C) groups is 1. The minimum absolute atomic E-state index is 0. The van der Waals surface area contributed by atoms with Gasteiger partial charge in [0.05, 0.1) is 6.54 Å². The van der Waals surface area contributed by atoms with Crippen molar-refractivity contribution in [3.05, 3.63) is 42.0 Å². The Hall–Kier alpha value is -1.08. The lowest BCUT2D eigenvalue weighted by molar-refractivity contribution is 0.267. The molecule has 1 unspecified atom stereocenters. The van der Waals surface area contributed by atoms with Crippen molar-refractivity contribution in [3.8, 4) is 0 Å². The molecule has 0 radical (unpaired) electrons. The lowest BCUT2D eigenvalue weighted by Crippen LogP contribution is -2.42. The van der Waals surface area contributed by atoms with E-state index in [1.165, 1.54) is 24.9 Å². The summed E-state index contributed by atoms with van der Waals surface area (Å²) in [5.74, 6) is 0.538. The molecule has 1 aromatic carbocycles. The first kappa shape index (κ1) is 19.0. The van der Waals surface area contributed by atoms with E-state index in [4.69, 9.17) is 5.73 Å². The van der Waals surface area contributed by atoms with Gasteiger partial charge in [0.25, 0.3) is 0 Å². The highest BCUT2D eigenvalue weighted by Gasteiger charge is 2.22. The molecule has 1 saturated heterocycles. The molecule has 0 bridgehead atoms. The number of likely N-dealkylation sites (N-methyl/N-ethyl adjacent to an activating group) is 1. The third-order valence-corrected chi connectivity index (χ3v) is 3.90. The molecule has 1 aliphatic heterocycles. The van der Waals surface area contributed by atoms with Gasteiger partial charge in [0.15, 0.2) is 5.96 Å². The first-order chi connectivity index (χ1) is 10.3. The Morgan fingerprint density at radius 1 is 1.41 bits per heavy atom. The van der Waals surface area contributed by atoms with Gasteiger partial charge in [-0.1, -0.05) is 49.4 Å². The Balaban J connectivity index is 0.00000242. The minimum atomic E-state index is 0. The zero-order valence-electron chi connectivity index (χ0n) is 13.2. The van der Waals surface area contributed by atoms with Gasteiger partial charge in [-0.25, -0.2) is 4.99 Å². The zero-order valence-corrected chi connectivity index (χ0v) is 15.6. The van der Waals surface area contributed by atoms with Crippen molar-refractivity contribution in [1.82, 2.24) is 10.2 Å². The quantitative estimate of drug-likeness (QED) is 0.428. The summed E-state index contributed by atoms with van der Waals surface area (Å²) >= 11 is 0. The standard InChI is InChI=1S/C17H26N4.HI/c1-2-21-13-7-11-16(21)14-20-17(18)19-12-6-10-15-8-4-3-5-9-15;/h3-6,8-10,16H,2,7,11-14H2,1H3,(H3,18,19,20);1H. The van der Waals surface area contributed by atoms with Crippen molar-refractivity contribution >= 4 is 36.0 Å². The van der Waals surface area contributed by atoms with Crippen LogP contribution in [0, 0.1) is 0 Å². The smallest absolute Gasteiger partial charge is 0.188 e. The summed E-state index contributed by atoms with van der Waals surface area (Å²) in [4.78, 5) is 6.82. The van der Waals surface area contributed by atoms with E-state index in [1.807, 2.05) is 24.3 Å². The van der Waals surface area contributed by atoms with E-state index in [1.54, 1.807) is 0 Å². The van der Waals surface area contributed by atoms with Crippen molar-refractivity contribution < 1.29 is 0 Å². The second-order valence-electron chi connectivity index (χ2n) is 5.34. The molecule has 22 heavy (non-hydrogen) atoms. The zero-order chi connectivity index (χ0) is 14.9. The summed E-state index contributed by atoms with van der Waals surface area (Å²) in [7, 11) is 0. The van der Waals surface area contributed by atoms with Crippen molar-refractivity contribution in [1.29, 1.82) is 0 Å². The van der Waals surface area contributed by atoms with Crippen molar-refractivity contribution in [2.45, 2.75) is 25.8 Å². The average molecular weight is 414 g/mol. The molecule has 1 heterocycles. The molecule has 0 aliphatic carbocycles. The Bertz CT molecular complexity index is 473. The number of likely N-dealkylation sites (tertiary alicyclic amines) is 1. The van der Waals surface area contributed by atoms with Crippen molar-refractivity contribution in [3.63, 3.8) is 0 Å². The van der Waals surface area contributed by atoms with E-state index in [2.05, 4.69) is 40.3 Å². The lowest BCUT2D eigenvalue weighted by Gasteiger charge is -2.23. The van der Waals surface area contributed by atoms with Gasteiger partial charge < -0.3 is 11.1 Å². The van der Waals surface area contributed by atoms with Gasteiger partial charge >= 0.3 is 0 Å². The third kappa shape index (κ3) is 6.36. The van der Waals surface area contributed by atoms with E-state index < -0.39 is 0 Å². The molecule has 3 N–H and O–H groups in total. The van der Waals surface area contributed by atoms with E-state index in [0.717, 1.165) is 13.1 Å². The van der Waals surface area contributed by atoms with Crippen LogP contribution in [-0.4, -0.2) is 43.1 Å². The van der Waals surface area contributed by atoms with Crippen LogP contribution in [0.3, 0.4) is 0 Å². The SMILES string of the molecule is CCN1CCCC1CNC(N)=NCC=Cc1ccccc1.I. The molecule has 5 heteroatoms. The largest absolute Gasteiger partial charge is 0.370 e. The second-order valence-corrected chi connectivity index (χ2v) is 5.34. The van der Waals surface area contributed by atoms with Crippen LogP contribution in [0.1, 0.15) is 25.3 Å². The normalized spacial score (nSPS) is 19.3. The summed E-state index contributed by atoms with van der Waals surface area (Å²) in [6, 6.07) is 10.8. The van der Waals surface area contributed by atoms with Crippen molar-refractivity contribution in [2.75, 3.05) is 26.2 Å². The summed E-state index contributed by atoms with van der Waals surface area (Å²) in [5.41, 5.74) is 7.09. The van der Waals surface area contributed by atoms with Crippen LogP contribution in [0.2, 0.25) is 0 Å². The lowest BCUT2D eigenvalue weighted by atomic mass is 10.2. The van der Waals surface area contributed by atoms with Crippen LogP contribution < -0.4 is 11.1 Å². The molecule has 4 nitrogen and oxygen atoms in total. The summed E-state index contributed by atoms with van der Waals surface area (Å²) < 4.78 is 0. The Morgan fingerprint density at radius 2 is 2.18 bits per heavy atom. The fourth-order valence-corrected chi connectivity index (χ4v) is 2.72. The number of halogens is 1. The van der Waals surface area contributed by atoms with Crippen LogP contribution in [-0.2, 0) is 0 Å². The molecule has 122 valence electrons. The highest BCUT2D eigenvalue weighted by Crippen LogP contribution is 2.15. The molecule has 2 rings (SSSR count). The summed E-state index contributed by atoms with van der Waals surface area (Å²) in [6.45, 7) is 6.04. The van der Waals surface area contributed by atoms with Gasteiger partial charge in [0.2, 0.25) is 0 Å². The van der Waals surface area contributed by atoms with E-state index in [0.29, 0.717) is 18.5 Å². The monoisotopic (exact) mass is 414 g/mol. The molecule has 0 saturated carbocycles. The van der Waals surface area contributed by atoms with Crippen molar-refractivity contribution in [2.24, 2.45) is 10.7 Å². The Morgan fingerprint density at radius 3 is 2.91 bits per heavy atom. The summed E-state index contributed by atoms with van der Waals surface area (Å²) in [6.07, 6.45) is 6.63. The van der Waals surface area contributed by atoms with E-state index >= 15 is 0 Å². The fraction of sp³-hybridized carbons (Fsp3) is 0.471. The fourth-order valence-electron chi connectivity index (χ4n) is 2.72. The van der Waals surface area contributed by atoms with Crippen LogP contribution in [0.15, 0.2) is 41.4 Å². The maximum atomic E-state index is 5.90. The van der Waals surface area contributed by atoms with Gasteiger partial charge in [0, 0.05) is 12.6 Å². The predicted octanol–water partition coefficient (Wildman–Crippen LogP) is 2.71. The number of guanidine groups is 1. The molecule has 1 fully saturated rings. The second kappa shape index (κ2) is 10.6. The Kier molecular flexibility index (Phi) is 9.15. The van der Waals surface area contributed by atoms with Crippen LogP contribution in [0.25, 0.3) is 6.08 Å². The number of nitrogens with two attached hydrogens (primary N) is 1.